The molecule has 1 aromatic heterocycles. The number of fused-ring (bicyclic) bond motifs is 1. The first-order chi connectivity index (χ1) is 8.41. The summed E-state index contributed by atoms with van der Waals surface area (Å²) in [6.07, 6.45) is -2.67. The molecule has 0 saturated heterocycles. The van der Waals surface area contributed by atoms with Gasteiger partial charge in [-0.1, -0.05) is 0 Å². The number of carboxylic acids is 1. The third kappa shape index (κ3) is 1.71. The molecule has 8 nitrogen and oxygen atoms in total. The van der Waals surface area contributed by atoms with Crippen LogP contribution in [-0.2, 0) is 4.79 Å². The molecule has 0 bridgehead atoms. The van der Waals surface area contributed by atoms with Crippen molar-refractivity contribution in [2.45, 2.75) is 6.30 Å². The number of aromatic nitrogens is 1. The summed E-state index contributed by atoms with van der Waals surface area (Å²) in [4.78, 5) is 31.6. The Morgan fingerprint density at radius 3 is 2.78 bits per heavy atom. The van der Waals surface area contributed by atoms with Crippen LogP contribution in [0.5, 0.6) is 0 Å². The van der Waals surface area contributed by atoms with Crippen molar-refractivity contribution in [3.8, 4) is 0 Å². The third-order valence-electron chi connectivity index (χ3n) is 2.24. The number of hydrogen-bond acceptors (Lipinski definition) is 5. The highest BCUT2D eigenvalue weighted by atomic mass is 19.1. The molecule has 94 valence electrons. The minimum Gasteiger partial charge on any atom is -0.478 e. The Morgan fingerprint density at radius 2 is 2.22 bits per heavy atom. The number of carbonyl (C=O) groups is 1. The number of rotatable bonds is 3. The van der Waals surface area contributed by atoms with Crippen molar-refractivity contribution < 1.29 is 23.6 Å². The molecule has 9 heteroatoms. The Labute approximate surface area is 97.0 Å². The fraction of sp³-hybridized carbons (Fsp3) is 0.111. The van der Waals surface area contributed by atoms with Crippen LogP contribution >= 0.6 is 0 Å². The molecule has 0 aliphatic heterocycles. The number of nitro benzene ring substituents is 1. The van der Waals surface area contributed by atoms with E-state index in [1.165, 1.54) is 0 Å². The SMILES string of the molecule is O=C(O)C(F)n1c(=O)oc2ccc([N+](=O)[O-])cc21. The van der Waals surface area contributed by atoms with Gasteiger partial charge in [0, 0.05) is 12.1 Å². The van der Waals surface area contributed by atoms with Crippen LogP contribution in [0.15, 0.2) is 27.4 Å². The minimum atomic E-state index is -2.67. The number of non-ortho nitro benzene ring substituents is 1. The quantitative estimate of drug-likeness (QED) is 0.648. The first-order valence-corrected chi connectivity index (χ1v) is 4.58. The molecule has 0 radical (unpaired) electrons. The number of carboxylic acid groups (broad SMARTS) is 1. The van der Waals surface area contributed by atoms with Gasteiger partial charge in [-0.05, 0) is 6.07 Å². The number of alkyl halides is 1. The molecule has 0 spiro atoms. The summed E-state index contributed by atoms with van der Waals surface area (Å²) >= 11 is 0. The molecule has 1 heterocycles. The van der Waals surface area contributed by atoms with Gasteiger partial charge in [0.25, 0.3) is 12.0 Å². The highest BCUT2D eigenvalue weighted by Gasteiger charge is 2.25. The zero-order chi connectivity index (χ0) is 13.4. The summed E-state index contributed by atoms with van der Waals surface area (Å²) in [6, 6.07) is 3.03. The zero-order valence-electron chi connectivity index (χ0n) is 8.57. The van der Waals surface area contributed by atoms with E-state index < -0.39 is 28.6 Å². The first-order valence-electron chi connectivity index (χ1n) is 4.58. The predicted molar refractivity (Wildman–Crippen MR) is 54.9 cm³/mol. The Bertz CT molecular complexity index is 703. The van der Waals surface area contributed by atoms with Crippen LogP contribution in [0.4, 0.5) is 10.1 Å². The van der Waals surface area contributed by atoms with Gasteiger partial charge >= 0.3 is 11.7 Å². The van der Waals surface area contributed by atoms with Gasteiger partial charge in [0.05, 0.1) is 4.92 Å². The van der Waals surface area contributed by atoms with Crippen LogP contribution in [0.2, 0.25) is 0 Å². The first kappa shape index (κ1) is 11.8. The van der Waals surface area contributed by atoms with Gasteiger partial charge < -0.3 is 9.52 Å². The second kappa shape index (κ2) is 3.95. The lowest BCUT2D eigenvalue weighted by Crippen LogP contribution is -2.23. The topological polar surface area (TPSA) is 116 Å². The lowest BCUT2D eigenvalue weighted by molar-refractivity contribution is -0.384. The summed E-state index contributed by atoms with van der Waals surface area (Å²) in [5.74, 6) is -3.13. The number of hydrogen-bond donors (Lipinski definition) is 1. The molecule has 18 heavy (non-hydrogen) atoms. The highest BCUT2D eigenvalue weighted by molar-refractivity contribution is 5.79. The molecule has 0 aliphatic carbocycles. The summed E-state index contributed by atoms with van der Waals surface area (Å²) in [6.45, 7) is 0. The van der Waals surface area contributed by atoms with Crippen LogP contribution in [-0.4, -0.2) is 20.6 Å². The minimum absolute atomic E-state index is 0.130. The zero-order valence-corrected chi connectivity index (χ0v) is 8.57. The van der Waals surface area contributed by atoms with Crippen LogP contribution < -0.4 is 5.76 Å². The molecule has 2 rings (SSSR count). The van der Waals surface area contributed by atoms with Crippen LogP contribution in [0.3, 0.4) is 0 Å². The lowest BCUT2D eigenvalue weighted by atomic mass is 10.3. The number of oxazole rings is 1. The second-order valence-corrected chi connectivity index (χ2v) is 3.32. The molecule has 1 unspecified atom stereocenters. The van der Waals surface area contributed by atoms with Gasteiger partial charge in [0.1, 0.15) is 5.52 Å². The molecule has 0 fully saturated rings. The monoisotopic (exact) mass is 256 g/mol. The van der Waals surface area contributed by atoms with E-state index in [-0.39, 0.29) is 15.7 Å². The van der Waals surface area contributed by atoms with Crippen molar-refractivity contribution in [1.29, 1.82) is 0 Å². The fourth-order valence-electron chi connectivity index (χ4n) is 1.46. The van der Waals surface area contributed by atoms with Gasteiger partial charge in [-0.15, -0.1) is 0 Å². The summed E-state index contributed by atoms with van der Waals surface area (Å²) in [5, 5.41) is 19.0. The number of halogens is 1. The van der Waals surface area contributed by atoms with E-state index in [1.54, 1.807) is 0 Å². The number of nitrogens with zero attached hydrogens (tertiary/aromatic N) is 2. The Balaban J connectivity index is 2.75. The van der Waals surface area contributed by atoms with Crippen molar-refractivity contribution in [1.82, 2.24) is 4.57 Å². The smallest absolute Gasteiger partial charge is 0.422 e. The molecule has 1 atom stereocenters. The second-order valence-electron chi connectivity index (χ2n) is 3.32. The highest BCUT2D eigenvalue weighted by Crippen LogP contribution is 2.23. The van der Waals surface area contributed by atoms with Crippen LogP contribution in [0.1, 0.15) is 6.30 Å². The van der Waals surface area contributed by atoms with E-state index in [0.717, 1.165) is 18.2 Å². The maximum atomic E-state index is 13.3. The summed E-state index contributed by atoms with van der Waals surface area (Å²) < 4.78 is 18.1. The van der Waals surface area contributed by atoms with E-state index in [1.807, 2.05) is 0 Å². The number of aliphatic carboxylic acids is 1. The predicted octanol–water partition coefficient (Wildman–Crippen LogP) is 1.06. The normalized spacial score (nSPS) is 12.5. The van der Waals surface area contributed by atoms with E-state index in [0.29, 0.717) is 0 Å². The summed E-state index contributed by atoms with van der Waals surface area (Å²) in [7, 11) is 0. The van der Waals surface area contributed by atoms with Crippen molar-refractivity contribution in [3.63, 3.8) is 0 Å². The van der Waals surface area contributed by atoms with Crippen molar-refractivity contribution >= 4 is 22.8 Å². The Kier molecular flexibility index (Phi) is 2.58. The van der Waals surface area contributed by atoms with Crippen LogP contribution in [0.25, 0.3) is 11.1 Å². The average Bonchev–Trinajstić information content (AvgIpc) is 2.62. The maximum absolute atomic E-state index is 13.3. The van der Waals surface area contributed by atoms with Gasteiger partial charge in [0.2, 0.25) is 0 Å². The van der Waals surface area contributed by atoms with Crippen LogP contribution in [0, 0.1) is 10.1 Å². The van der Waals surface area contributed by atoms with Crippen molar-refractivity contribution in [3.05, 3.63) is 38.9 Å². The van der Waals surface area contributed by atoms with Crippen molar-refractivity contribution in [2.24, 2.45) is 0 Å². The van der Waals surface area contributed by atoms with Gasteiger partial charge in [-0.25, -0.2) is 18.5 Å². The number of nitro groups is 1. The lowest BCUT2D eigenvalue weighted by Gasteiger charge is -2.02. The Morgan fingerprint density at radius 1 is 1.56 bits per heavy atom. The Hall–Kier alpha value is -2.71. The molecule has 0 amide bonds. The molecular weight excluding hydrogens is 251 g/mol. The van der Waals surface area contributed by atoms with Gasteiger partial charge in [-0.2, -0.15) is 0 Å². The van der Waals surface area contributed by atoms with Gasteiger partial charge in [-0.3, -0.25) is 10.1 Å². The molecule has 1 N–H and O–H groups in total. The van der Waals surface area contributed by atoms with E-state index in [2.05, 4.69) is 4.42 Å². The van der Waals surface area contributed by atoms with E-state index in [9.17, 15) is 24.1 Å². The van der Waals surface area contributed by atoms with E-state index >= 15 is 0 Å². The maximum Gasteiger partial charge on any atom is 0.422 e. The third-order valence-corrected chi connectivity index (χ3v) is 2.24. The standard InChI is InChI=1S/C9H5FN2O6/c10-7(8(13)14)11-5-3-4(12(16)17)1-2-6(5)18-9(11)15/h1-3,7H,(H,13,14). The summed E-state index contributed by atoms with van der Waals surface area (Å²) in [5.41, 5.74) is -0.826. The molecule has 1 aromatic carbocycles. The average molecular weight is 256 g/mol. The van der Waals surface area contributed by atoms with Crippen molar-refractivity contribution in [2.75, 3.05) is 0 Å². The van der Waals surface area contributed by atoms with Gasteiger partial charge in [0.15, 0.2) is 5.58 Å². The molecular formula is C9H5FN2O6. The number of benzene rings is 1. The molecule has 0 aliphatic rings. The largest absolute Gasteiger partial charge is 0.478 e. The fourth-order valence-corrected chi connectivity index (χ4v) is 1.46. The van der Waals surface area contributed by atoms with E-state index in [4.69, 9.17) is 5.11 Å². The molecule has 0 saturated carbocycles. The molecule has 2 aromatic rings.